The van der Waals surface area contributed by atoms with Gasteiger partial charge in [0.05, 0.1) is 0 Å². The highest BCUT2D eigenvalue weighted by Gasteiger charge is 2.07. The maximum Gasteiger partial charge on any atom is 0.223 e. The van der Waals surface area contributed by atoms with Crippen LogP contribution < -0.4 is 16.0 Å². The normalized spacial score (nSPS) is 10.4. The third kappa shape index (κ3) is 4.63. The molecule has 112 valence electrons. The number of nitrogens with one attached hydrogen (secondary N) is 1. The van der Waals surface area contributed by atoms with Crippen molar-refractivity contribution in [1.29, 1.82) is 0 Å². The Morgan fingerprint density at radius 1 is 1.19 bits per heavy atom. The number of nitrogens with zero attached hydrogens (tertiary/aromatic N) is 3. The molecule has 1 heterocycles. The lowest BCUT2D eigenvalue weighted by molar-refractivity contribution is 0.856. The van der Waals surface area contributed by atoms with Crippen LogP contribution >= 0.6 is 0 Å². The van der Waals surface area contributed by atoms with Gasteiger partial charge in [-0.3, -0.25) is 0 Å². The second-order valence-electron chi connectivity index (χ2n) is 5.05. The molecule has 0 saturated heterocycles. The lowest BCUT2D eigenvalue weighted by atomic mass is 10.1. The first-order valence-corrected chi connectivity index (χ1v) is 7.32. The Labute approximate surface area is 126 Å². The van der Waals surface area contributed by atoms with Crippen molar-refractivity contribution in [3.05, 3.63) is 42.0 Å². The summed E-state index contributed by atoms with van der Waals surface area (Å²) in [5.41, 5.74) is 7.10. The average molecular weight is 285 g/mol. The predicted molar refractivity (Wildman–Crippen MR) is 88.6 cm³/mol. The molecular weight excluding hydrogens is 262 g/mol. The quantitative estimate of drug-likeness (QED) is 0.818. The van der Waals surface area contributed by atoms with Gasteiger partial charge in [0, 0.05) is 26.2 Å². The molecule has 3 N–H and O–H groups in total. The maximum atomic E-state index is 5.79. The van der Waals surface area contributed by atoms with Gasteiger partial charge in [-0.25, -0.2) is 0 Å². The summed E-state index contributed by atoms with van der Waals surface area (Å²) in [7, 11) is 2.02. The summed E-state index contributed by atoms with van der Waals surface area (Å²) in [6.45, 7) is 3.88. The van der Waals surface area contributed by atoms with Crippen LogP contribution in [0.25, 0.3) is 0 Å². The fourth-order valence-corrected chi connectivity index (χ4v) is 2.05. The first-order valence-electron chi connectivity index (χ1n) is 7.32. The van der Waals surface area contributed by atoms with Crippen LogP contribution in [0.4, 0.5) is 17.6 Å². The highest BCUT2D eigenvalue weighted by molar-refractivity contribution is 5.52. The van der Waals surface area contributed by atoms with Crippen molar-refractivity contribution in [3.63, 3.8) is 0 Å². The lowest BCUT2D eigenvalue weighted by Crippen LogP contribution is -2.22. The van der Waals surface area contributed by atoms with E-state index >= 15 is 0 Å². The van der Waals surface area contributed by atoms with E-state index in [1.807, 2.05) is 19.2 Å². The molecule has 0 bridgehead atoms. The monoisotopic (exact) mass is 285 g/mol. The summed E-state index contributed by atoms with van der Waals surface area (Å²) in [5, 5.41) is 3.25. The average Bonchev–Trinajstić information content (AvgIpc) is 2.51. The van der Waals surface area contributed by atoms with Crippen LogP contribution in [0.1, 0.15) is 18.9 Å². The number of nitrogen functional groups attached to an aromatic ring is 1. The van der Waals surface area contributed by atoms with Crippen LogP contribution in [0, 0.1) is 0 Å². The Kier molecular flexibility index (Phi) is 5.37. The Hall–Kier alpha value is -2.30. The molecule has 1 aromatic heterocycles. The molecule has 0 aliphatic rings. The maximum absolute atomic E-state index is 5.79. The molecular formula is C16H23N5. The van der Waals surface area contributed by atoms with E-state index in [0.717, 1.165) is 37.6 Å². The number of hydrogen-bond acceptors (Lipinski definition) is 5. The van der Waals surface area contributed by atoms with E-state index in [2.05, 4.69) is 51.4 Å². The highest BCUT2D eigenvalue weighted by Crippen LogP contribution is 2.16. The van der Waals surface area contributed by atoms with E-state index in [1.165, 1.54) is 5.56 Å². The Morgan fingerprint density at radius 3 is 2.67 bits per heavy atom. The smallest absolute Gasteiger partial charge is 0.223 e. The zero-order valence-corrected chi connectivity index (χ0v) is 12.7. The minimum Gasteiger partial charge on any atom is -0.370 e. The van der Waals surface area contributed by atoms with Crippen molar-refractivity contribution >= 4 is 17.6 Å². The van der Waals surface area contributed by atoms with Gasteiger partial charge in [0.25, 0.3) is 0 Å². The zero-order valence-electron chi connectivity index (χ0n) is 12.7. The molecule has 0 fully saturated rings. The SMILES string of the molecule is CCCNc1cc(N(C)CCc2ccccc2)nc(N)n1. The van der Waals surface area contributed by atoms with Gasteiger partial charge in [-0.1, -0.05) is 37.3 Å². The van der Waals surface area contributed by atoms with E-state index in [-0.39, 0.29) is 0 Å². The molecule has 0 radical (unpaired) electrons. The molecule has 5 heteroatoms. The molecule has 0 amide bonds. The van der Waals surface area contributed by atoms with Crippen molar-refractivity contribution in [2.75, 3.05) is 36.1 Å². The molecule has 2 aromatic rings. The number of likely N-dealkylation sites (N-methyl/N-ethyl adjacent to an activating group) is 1. The number of benzene rings is 1. The molecule has 0 unspecified atom stereocenters. The van der Waals surface area contributed by atoms with Crippen LogP contribution in [-0.4, -0.2) is 30.1 Å². The van der Waals surface area contributed by atoms with Gasteiger partial charge < -0.3 is 16.0 Å². The Bertz CT molecular complexity index is 556. The van der Waals surface area contributed by atoms with Crippen LogP contribution in [0.3, 0.4) is 0 Å². The third-order valence-corrected chi connectivity index (χ3v) is 3.26. The number of aromatic nitrogens is 2. The summed E-state index contributed by atoms with van der Waals surface area (Å²) in [5.74, 6) is 1.93. The fraction of sp³-hybridized carbons (Fsp3) is 0.375. The van der Waals surface area contributed by atoms with Crippen LogP contribution in [0.2, 0.25) is 0 Å². The van der Waals surface area contributed by atoms with E-state index in [9.17, 15) is 0 Å². The molecule has 21 heavy (non-hydrogen) atoms. The van der Waals surface area contributed by atoms with Gasteiger partial charge in [0.2, 0.25) is 5.95 Å². The fourth-order valence-electron chi connectivity index (χ4n) is 2.05. The predicted octanol–water partition coefficient (Wildman–Crippen LogP) is 2.56. The lowest BCUT2D eigenvalue weighted by Gasteiger charge is -2.19. The zero-order chi connectivity index (χ0) is 15.1. The van der Waals surface area contributed by atoms with Gasteiger partial charge in [0.15, 0.2) is 0 Å². The van der Waals surface area contributed by atoms with E-state index in [1.54, 1.807) is 0 Å². The first-order chi connectivity index (χ1) is 10.2. The van der Waals surface area contributed by atoms with Crippen LogP contribution in [0.5, 0.6) is 0 Å². The summed E-state index contributed by atoms with van der Waals surface area (Å²) in [4.78, 5) is 10.6. The number of anilines is 3. The van der Waals surface area contributed by atoms with Crippen molar-refractivity contribution in [2.24, 2.45) is 0 Å². The van der Waals surface area contributed by atoms with Gasteiger partial charge in [-0.05, 0) is 18.4 Å². The number of hydrogen-bond donors (Lipinski definition) is 2. The Balaban J connectivity index is 2.01. The molecule has 5 nitrogen and oxygen atoms in total. The first kappa shape index (κ1) is 15.1. The molecule has 0 atom stereocenters. The summed E-state index contributed by atoms with van der Waals surface area (Å²) in [6.07, 6.45) is 2.02. The number of nitrogens with two attached hydrogens (primary N) is 1. The van der Waals surface area contributed by atoms with Gasteiger partial charge in [0.1, 0.15) is 11.6 Å². The minimum atomic E-state index is 0.303. The van der Waals surface area contributed by atoms with Crippen LogP contribution in [0.15, 0.2) is 36.4 Å². The Morgan fingerprint density at radius 2 is 1.95 bits per heavy atom. The second kappa shape index (κ2) is 7.47. The highest BCUT2D eigenvalue weighted by atomic mass is 15.2. The summed E-state index contributed by atoms with van der Waals surface area (Å²) in [6, 6.07) is 12.4. The molecule has 0 aliphatic heterocycles. The van der Waals surface area contributed by atoms with E-state index in [0.29, 0.717) is 5.95 Å². The van der Waals surface area contributed by atoms with Gasteiger partial charge in [-0.2, -0.15) is 9.97 Å². The van der Waals surface area contributed by atoms with Crippen molar-refractivity contribution < 1.29 is 0 Å². The molecule has 0 saturated carbocycles. The third-order valence-electron chi connectivity index (χ3n) is 3.26. The van der Waals surface area contributed by atoms with Crippen LogP contribution in [-0.2, 0) is 6.42 Å². The van der Waals surface area contributed by atoms with Crippen molar-refractivity contribution in [1.82, 2.24) is 9.97 Å². The standard InChI is InChI=1S/C16H23N5/c1-3-10-18-14-12-15(20-16(17)19-14)21(2)11-9-13-7-5-4-6-8-13/h4-8,12H,3,9-11H2,1-2H3,(H3,17,18,19,20). The molecule has 0 spiro atoms. The molecule has 0 aliphatic carbocycles. The van der Waals surface area contributed by atoms with Gasteiger partial charge >= 0.3 is 0 Å². The summed E-state index contributed by atoms with van der Waals surface area (Å²) < 4.78 is 0. The second-order valence-corrected chi connectivity index (χ2v) is 5.05. The van der Waals surface area contributed by atoms with Crippen molar-refractivity contribution in [3.8, 4) is 0 Å². The topological polar surface area (TPSA) is 67.1 Å². The molecule has 2 rings (SSSR count). The number of rotatable bonds is 7. The molecule has 1 aromatic carbocycles. The minimum absolute atomic E-state index is 0.303. The van der Waals surface area contributed by atoms with E-state index < -0.39 is 0 Å². The largest absolute Gasteiger partial charge is 0.370 e. The van der Waals surface area contributed by atoms with Crippen molar-refractivity contribution in [2.45, 2.75) is 19.8 Å². The van der Waals surface area contributed by atoms with Gasteiger partial charge in [-0.15, -0.1) is 0 Å². The van der Waals surface area contributed by atoms with E-state index in [4.69, 9.17) is 5.73 Å². The summed E-state index contributed by atoms with van der Waals surface area (Å²) >= 11 is 0.